The van der Waals surface area contributed by atoms with E-state index in [4.69, 9.17) is 4.84 Å². The number of carbonyl (C=O) groups is 3. The maximum absolute atomic E-state index is 12.3. The fraction of sp³-hybridized carbons (Fsp3) is 0.842. The van der Waals surface area contributed by atoms with E-state index in [9.17, 15) is 29.7 Å². The van der Waals surface area contributed by atoms with Crippen molar-refractivity contribution in [2.75, 3.05) is 19.7 Å². The number of nitrogens with zero attached hydrogens (tertiary/aromatic N) is 1. The quantitative estimate of drug-likeness (QED) is 0.252. The largest absolute Gasteiger partial charge is 0.481 e. The summed E-state index contributed by atoms with van der Waals surface area (Å²) >= 11 is 0. The van der Waals surface area contributed by atoms with E-state index in [1.807, 2.05) is 0 Å². The van der Waals surface area contributed by atoms with Gasteiger partial charge in [-0.3, -0.25) is 14.4 Å². The average Bonchev–Trinajstić information content (AvgIpc) is 3.19. The van der Waals surface area contributed by atoms with Crippen LogP contribution >= 0.6 is 0 Å². The highest BCUT2D eigenvalue weighted by atomic mass is 16.6. The molecule has 5 unspecified atom stereocenters. The Morgan fingerprint density at radius 2 is 1.89 bits per heavy atom. The molecule has 1 saturated heterocycles. The third-order valence-corrected chi connectivity index (χ3v) is 6.54. The first kappa shape index (κ1) is 21.0. The molecule has 3 fully saturated rings. The summed E-state index contributed by atoms with van der Waals surface area (Å²) in [5.74, 6) is -3.03. The molecule has 2 saturated carbocycles. The molecule has 1 aliphatic heterocycles. The molecule has 1 spiro atoms. The van der Waals surface area contributed by atoms with Crippen molar-refractivity contribution in [1.29, 1.82) is 0 Å². The molecule has 0 aromatic rings. The van der Waals surface area contributed by atoms with E-state index >= 15 is 0 Å². The molecule has 0 bridgehead atoms. The lowest BCUT2D eigenvalue weighted by molar-refractivity contribution is -0.147. The number of aliphatic hydroxyl groups is 1. The van der Waals surface area contributed by atoms with Gasteiger partial charge in [0.1, 0.15) is 5.54 Å². The fourth-order valence-corrected chi connectivity index (χ4v) is 4.97. The van der Waals surface area contributed by atoms with Crippen LogP contribution in [0.2, 0.25) is 0 Å². The molecule has 4 N–H and O–H groups in total. The molecular formula is C19H30N2O7. The molecule has 2 aliphatic carbocycles. The van der Waals surface area contributed by atoms with E-state index in [1.54, 1.807) is 4.90 Å². The monoisotopic (exact) mass is 398 g/mol. The predicted octanol–water partition coefficient (Wildman–Crippen LogP) is 0.615. The van der Waals surface area contributed by atoms with Crippen LogP contribution in [0.3, 0.4) is 0 Å². The lowest BCUT2D eigenvalue weighted by atomic mass is 9.77. The van der Waals surface area contributed by atoms with Crippen LogP contribution < -0.4 is 5.48 Å². The molecule has 9 heteroatoms. The highest BCUT2D eigenvalue weighted by Gasteiger charge is 2.69. The Hall–Kier alpha value is -1.71. The smallest absolute Gasteiger partial charge is 0.309 e. The second-order valence-corrected chi connectivity index (χ2v) is 8.26. The number of rotatable bonds is 9. The molecule has 1 amide bonds. The number of hydroxylamine groups is 1. The predicted molar refractivity (Wildman–Crippen MR) is 97.1 cm³/mol. The number of hydrogen-bond donors (Lipinski definition) is 4. The Labute approximate surface area is 164 Å². The normalized spacial score (nSPS) is 35.2. The van der Waals surface area contributed by atoms with Gasteiger partial charge >= 0.3 is 11.9 Å². The van der Waals surface area contributed by atoms with Gasteiger partial charge in [0.2, 0.25) is 5.91 Å². The Morgan fingerprint density at radius 3 is 2.61 bits per heavy atom. The molecule has 28 heavy (non-hydrogen) atoms. The molecule has 5 atom stereocenters. The maximum Gasteiger partial charge on any atom is 0.309 e. The lowest BCUT2D eigenvalue weighted by Gasteiger charge is -2.30. The minimum absolute atomic E-state index is 0.0100. The number of amides is 1. The highest BCUT2D eigenvalue weighted by molar-refractivity contribution is 6.06. The number of nitrogens with one attached hydrogen (secondary N) is 1. The van der Waals surface area contributed by atoms with Crippen molar-refractivity contribution in [3.8, 4) is 0 Å². The third kappa shape index (κ3) is 4.16. The van der Waals surface area contributed by atoms with Crippen molar-refractivity contribution in [2.24, 2.45) is 17.8 Å². The number of carboxylic acids is 2. The molecule has 0 aromatic carbocycles. The van der Waals surface area contributed by atoms with Gasteiger partial charge in [-0.1, -0.05) is 12.8 Å². The van der Waals surface area contributed by atoms with Gasteiger partial charge in [-0.25, -0.2) is 5.48 Å². The van der Waals surface area contributed by atoms with Gasteiger partial charge in [0.05, 0.1) is 24.5 Å². The van der Waals surface area contributed by atoms with E-state index in [1.165, 1.54) is 0 Å². The second-order valence-electron chi connectivity index (χ2n) is 8.26. The molecular weight excluding hydrogens is 368 g/mol. The first-order valence-electron chi connectivity index (χ1n) is 10.2. The third-order valence-electron chi connectivity index (χ3n) is 6.54. The van der Waals surface area contributed by atoms with Crippen molar-refractivity contribution < 1.29 is 34.5 Å². The molecule has 3 rings (SSSR count). The Balaban J connectivity index is 1.38. The van der Waals surface area contributed by atoms with Crippen LogP contribution in [0.15, 0.2) is 0 Å². The number of aliphatic carboxylic acids is 2. The van der Waals surface area contributed by atoms with Crippen molar-refractivity contribution in [3.63, 3.8) is 0 Å². The molecule has 0 radical (unpaired) electrons. The van der Waals surface area contributed by atoms with Crippen molar-refractivity contribution in [1.82, 2.24) is 10.4 Å². The summed E-state index contributed by atoms with van der Waals surface area (Å²) in [6, 6.07) is 0. The van der Waals surface area contributed by atoms with Crippen molar-refractivity contribution in [3.05, 3.63) is 0 Å². The Kier molecular flexibility index (Phi) is 6.57. The molecule has 158 valence electrons. The van der Waals surface area contributed by atoms with Crippen LogP contribution in [0.5, 0.6) is 0 Å². The van der Waals surface area contributed by atoms with E-state index < -0.39 is 29.5 Å². The zero-order valence-electron chi connectivity index (χ0n) is 16.0. The van der Waals surface area contributed by atoms with Crippen LogP contribution in [-0.4, -0.2) is 69.4 Å². The SMILES string of the molecule is O=C(O)C1CCCCC1CONCCCN1C(=O)C12CC(O)CCC2C(=O)O. The van der Waals surface area contributed by atoms with E-state index in [-0.39, 0.29) is 24.2 Å². The van der Waals surface area contributed by atoms with Gasteiger partial charge in [-0.15, -0.1) is 0 Å². The van der Waals surface area contributed by atoms with Crippen LogP contribution in [0.1, 0.15) is 51.4 Å². The topological polar surface area (TPSA) is 136 Å². The van der Waals surface area contributed by atoms with Crippen LogP contribution in [0, 0.1) is 17.8 Å². The minimum Gasteiger partial charge on any atom is -0.481 e. The highest BCUT2D eigenvalue weighted by Crippen LogP contribution is 2.50. The number of carboxylic acid groups (broad SMARTS) is 2. The summed E-state index contributed by atoms with van der Waals surface area (Å²) in [4.78, 5) is 42.1. The van der Waals surface area contributed by atoms with Gasteiger partial charge in [0, 0.05) is 19.5 Å². The summed E-state index contributed by atoms with van der Waals surface area (Å²) in [7, 11) is 0. The average molecular weight is 398 g/mol. The lowest BCUT2D eigenvalue weighted by Crippen LogP contribution is -2.43. The van der Waals surface area contributed by atoms with Crippen molar-refractivity contribution >= 4 is 17.8 Å². The van der Waals surface area contributed by atoms with E-state index in [2.05, 4.69) is 5.48 Å². The zero-order valence-corrected chi connectivity index (χ0v) is 16.0. The maximum atomic E-state index is 12.3. The van der Waals surface area contributed by atoms with Crippen molar-refractivity contribution in [2.45, 2.75) is 63.0 Å². The van der Waals surface area contributed by atoms with E-state index in [0.29, 0.717) is 45.4 Å². The Morgan fingerprint density at radius 1 is 1.14 bits per heavy atom. The molecule has 0 aromatic heterocycles. The molecule has 9 nitrogen and oxygen atoms in total. The Bertz CT molecular complexity index is 613. The van der Waals surface area contributed by atoms with Crippen LogP contribution in [-0.2, 0) is 19.2 Å². The first-order valence-corrected chi connectivity index (χ1v) is 10.2. The van der Waals surface area contributed by atoms with Crippen LogP contribution in [0.25, 0.3) is 0 Å². The number of aliphatic hydroxyl groups excluding tert-OH is 1. The standard InChI is InChI=1S/C19H30N2O7/c22-13-6-7-15(17(25)26)19(10-13)18(27)21(19)9-3-8-20-28-11-12-4-1-2-5-14(12)16(23)24/h12-15,20,22H,1-11H2,(H,23,24)(H,25,26). The summed E-state index contributed by atoms with van der Waals surface area (Å²) in [5, 5.41) is 28.6. The molecule has 3 aliphatic rings. The van der Waals surface area contributed by atoms with Gasteiger partial charge in [-0.2, -0.15) is 0 Å². The van der Waals surface area contributed by atoms with Crippen LogP contribution in [0.4, 0.5) is 0 Å². The summed E-state index contributed by atoms with van der Waals surface area (Å²) in [5.41, 5.74) is 1.79. The van der Waals surface area contributed by atoms with Gasteiger partial charge in [0.15, 0.2) is 0 Å². The summed E-state index contributed by atoms with van der Waals surface area (Å²) in [6.07, 6.45) is 4.37. The van der Waals surface area contributed by atoms with Gasteiger partial charge < -0.3 is 25.1 Å². The summed E-state index contributed by atoms with van der Waals surface area (Å²) < 4.78 is 0. The second kappa shape index (κ2) is 8.75. The fourth-order valence-electron chi connectivity index (χ4n) is 4.97. The number of carbonyl (C=O) groups excluding carboxylic acids is 1. The van der Waals surface area contributed by atoms with E-state index in [0.717, 1.165) is 19.3 Å². The molecule has 1 heterocycles. The first-order chi connectivity index (χ1) is 13.4. The van der Waals surface area contributed by atoms with Gasteiger partial charge in [-0.05, 0) is 38.0 Å². The summed E-state index contributed by atoms with van der Waals surface area (Å²) in [6.45, 7) is 1.23. The number of hydrogen-bond acceptors (Lipinski definition) is 6. The minimum atomic E-state index is -1.04. The van der Waals surface area contributed by atoms with Gasteiger partial charge in [0.25, 0.3) is 0 Å². The zero-order chi connectivity index (χ0) is 20.3.